The lowest BCUT2D eigenvalue weighted by Gasteiger charge is -2.12. The molecule has 0 aromatic carbocycles. The molecule has 0 aliphatic carbocycles. The molecular weight excluding hydrogens is 186 g/mol. The highest BCUT2D eigenvalue weighted by molar-refractivity contribution is 5.45. The zero-order valence-corrected chi connectivity index (χ0v) is 10.2. The van der Waals surface area contributed by atoms with E-state index in [4.69, 9.17) is 0 Å². The number of anilines is 1. The minimum Gasteiger partial charge on any atom is -0.370 e. The maximum Gasteiger partial charge on any atom is 0.132 e. The van der Waals surface area contributed by atoms with Crippen molar-refractivity contribution in [1.82, 2.24) is 9.97 Å². The minimum absolute atomic E-state index is 0.897. The van der Waals surface area contributed by atoms with Crippen molar-refractivity contribution < 1.29 is 0 Å². The Bertz CT molecular complexity index is 321. The third-order valence-electron chi connectivity index (χ3n) is 2.49. The molecule has 1 heterocycles. The van der Waals surface area contributed by atoms with Crippen molar-refractivity contribution in [2.45, 2.75) is 47.0 Å². The van der Waals surface area contributed by atoms with Gasteiger partial charge in [0.15, 0.2) is 0 Å². The van der Waals surface area contributed by atoms with Gasteiger partial charge in [-0.3, -0.25) is 0 Å². The molecule has 0 fully saturated rings. The van der Waals surface area contributed by atoms with Crippen LogP contribution in [-0.2, 0) is 12.8 Å². The van der Waals surface area contributed by atoms with E-state index in [0.717, 1.165) is 37.4 Å². The van der Waals surface area contributed by atoms with Gasteiger partial charge in [0.1, 0.15) is 11.6 Å². The summed E-state index contributed by atoms with van der Waals surface area (Å²) in [6.07, 6.45) is 2.99. The summed E-state index contributed by atoms with van der Waals surface area (Å²) in [6.45, 7) is 9.46. The summed E-state index contributed by atoms with van der Waals surface area (Å²) in [5.74, 6) is 1.96. The van der Waals surface area contributed by atoms with E-state index in [1.165, 1.54) is 11.3 Å². The van der Waals surface area contributed by atoms with Crippen LogP contribution in [0.2, 0.25) is 0 Å². The average molecular weight is 207 g/mol. The summed E-state index contributed by atoms with van der Waals surface area (Å²) < 4.78 is 0. The molecule has 15 heavy (non-hydrogen) atoms. The van der Waals surface area contributed by atoms with Gasteiger partial charge in [-0.25, -0.2) is 9.97 Å². The van der Waals surface area contributed by atoms with E-state index < -0.39 is 0 Å². The van der Waals surface area contributed by atoms with Crippen LogP contribution in [0.1, 0.15) is 44.3 Å². The molecule has 0 aliphatic rings. The zero-order chi connectivity index (χ0) is 11.3. The highest BCUT2D eigenvalue weighted by Crippen LogP contribution is 2.16. The van der Waals surface area contributed by atoms with Crippen LogP contribution in [0.4, 0.5) is 5.82 Å². The molecule has 1 rings (SSSR count). The van der Waals surface area contributed by atoms with Gasteiger partial charge >= 0.3 is 0 Å². The number of hydrogen-bond acceptors (Lipinski definition) is 3. The van der Waals surface area contributed by atoms with Crippen LogP contribution < -0.4 is 5.32 Å². The highest BCUT2D eigenvalue weighted by Gasteiger charge is 2.07. The molecule has 0 atom stereocenters. The van der Waals surface area contributed by atoms with Crippen LogP contribution >= 0.6 is 0 Å². The summed E-state index contributed by atoms with van der Waals surface area (Å²) in [6, 6.07) is 0. The second kappa shape index (κ2) is 5.69. The van der Waals surface area contributed by atoms with E-state index >= 15 is 0 Å². The van der Waals surface area contributed by atoms with Crippen LogP contribution in [0.15, 0.2) is 0 Å². The molecule has 1 aromatic heterocycles. The lowest BCUT2D eigenvalue weighted by Crippen LogP contribution is -2.09. The first-order chi connectivity index (χ1) is 7.22. The summed E-state index contributed by atoms with van der Waals surface area (Å²) in [7, 11) is 0. The molecule has 0 saturated heterocycles. The van der Waals surface area contributed by atoms with Gasteiger partial charge in [-0.1, -0.05) is 20.8 Å². The lowest BCUT2D eigenvalue weighted by atomic mass is 10.2. The molecule has 84 valence electrons. The normalized spacial score (nSPS) is 10.4. The van der Waals surface area contributed by atoms with Crippen molar-refractivity contribution >= 4 is 5.82 Å². The first kappa shape index (κ1) is 12.0. The molecule has 3 heteroatoms. The third kappa shape index (κ3) is 2.91. The van der Waals surface area contributed by atoms with Gasteiger partial charge in [-0.2, -0.15) is 0 Å². The van der Waals surface area contributed by atoms with Gasteiger partial charge in [-0.15, -0.1) is 0 Å². The van der Waals surface area contributed by atoms with Crippen molar-refractivity contribution in [1.29, 1.82) is 0 Å². The Morgan fingerprint density at radius 2 is 1.80 bits per heavy atom. The molecule has 0 unspecified atom stereocenters. The lowest BCUT2D eigenvalue weighted by molar-refractivity contribution is 0.863. The van der Waals surface area contributed by atoms with Gasteiger partial charge < -0.3 is 5.32 Å². The van der Waals surface area contributed by atoms with Crippen molar-refractivity contribution in [3.05, 3.63) is 17.1 Å². The van der Waals surface area contributed by atoms with E-state index in [0.29, 0.717) is 0 Å². The number of rotatable bonds is 5. The van der Waals surface area contributed by atoms with Crippen molar-refractivity contribution in [3.8, 4) is 0 Å². The number of nitrogens with one attached hydrogen (secondary N) is 1. The average Bonchev–Trinajstić information content (AvgIpc) is 2.27. The fraction of sp³-hybridized carbons (Fsp3) is 0.667. The predicted molar refractivity (Wildman–Crippen MR) is 64.3 cm³/mol. The van der Waals surface area contributed by atoms with Crippen LogP contribution in [0.3, 0.4) is 0 Å². The van der Waals surface area contributed by atoms with Crippen LogP contribution in [-0.4, -0.2) is 16.5 Å². The Kier molecular flexibility index (Phi) is 4.53. The van der Waals surface area contributed by atoms with Gasteiger partial charge in [-0.05, 0) is 19.8 Å². The van der Waals surface area contributed by atoms with Crippen LogP contribution in [0.5, 0.6) is 0 Å². The molecule has 0 amide bonds. The van der Waals surface area contributed by atoms with Crippen molar-refractivity contribution in [2.24, 2.45) is 0 Å². The molecular formula is C12H21N3. The molecule has 0 spiro atoms. The van der Waals surface area contributed by atoms with Gasteiger partial charge in [0, 0.05) is 24.2 Å². The van der Waals surface area contributed by atoms with E-state index in [9.17, 15) is 0 Å². The van der Waals surface area contributed by atoms with Gasteiger partial charge in [0.25, 0.3) is 0 Å². The second-order valence-corrected chi connectivity index (χ2v) is 3.69. The predicted octanol–water partition coefficient (Wildman–Crippen LogP) is 2.73. The van der Waals surface area contributed by atoms with E-state index in [-0.39, 0.29) is 0 Å². The van der Waals surface area contributed by atoms with Crippen LogP contribution in [0, 0.1) is 6.92 Å². The summed E-state index contributed by atoms with van der Waals surface area (Å²) in [5.41, 5.74) is 2.36. The van der Waals surface area contributed by atoms with Crippen molar-refractivity contribution in [2.75, 3.05) is 11.9 Å². The Morgan fingerprint density at radius 3 is 2.33 bits per heavy atom. The fourth-order valence-corrected chi connectivity index (χ4v) is 1.53. The van der Waals surface area contributed by atoms with E-state index in [1.807, 2.05) is 0 Å². The third-order valence-corrected chi connectivity index (χ3v) is 2.49. The highest BCUT2D eigenvalue weighted by atomic mass is 15.0. The minimum atomic E-state index is 0.897. The number of hydrogen-bond donors (Lipinski definition) is 1. The van der Waals surface area contributed by atoms with Crippen molar-refractivity contribution in [3.63, 3.8) is 0 Å². The molecule has 0 radical (unpaired) electrons. The summed E-state index contributed by atoms with van der Waals surface area (Å²) in [4.78, 5) is 9.04. The molecule has 1 N–H and O–H groups in total. The molecule has 0 aliphatic heterocycles. The Hall–Kier alpha value is -1.12. The molecule has 1 aromatic rings. The monoisotopic (exact) mass is 207 g/mol. The van der Waals surface area contributed by atoms with Crippen LogP contribution in [0.25, 0.3) is 0 Å². The SMILES string of the molecule is CCCNc1nc(CC)nc(CC)c1C. The largest absolute Gasteiger partial charge is 0.370 e. The van der Waals surface area contributed by atoms with Gasteiger partial charge in [0.05, 0.1) is 0 Å². The first-order valence-electron chi connectivity index (χ1n) is 5.83. The smallest absolute Gasteiger partial charge is 0.132 e. The second-order valence-electron chi connectivity index (χ2n) is 3.69. The fourth-order valence-electron chi connectivity index (χ4n) is 1.53. The van der Waals surface area contributed by atoms with E-state index in [1.54, 1.807) is 0 Å². The topological polar surface area (TPSA) is 37.8 Å². The van der Waals surface area contributed by atoms with E-state index in [2.05, 4.69) is 43.0 Å². The first-order valence-corrected chi connectivity index (χ1v) is 5.83. The Labute approximate surface area is 92.3 Å². The molecule has 3 nitrogen and oxygen atoms in total. The Morgan fingerprint density at radius 1 is 1.07 bits per heavy atom. The molecule has 0 saturated carbocycles. The maximum absolute atomic E-state index is 4.53. The standard InChI is InChI=1S/C12H21N3/c1-5-8-13-12-9(4)10(6-2)14-11(7-3)15-12/h5-8H2,1-4H3,(H,13,14,15). The maximum atomic E-state index is 4.53. The summed E-state index contributed by atoms with van der Waals surface area (Å²) >= 11 is 0. The zero-order valence-electron chi connectivity index (χ0n) is 10.2. The number of aryl methyl sites for hydroxylation is 2. The number of nitrogens with zero attached hydrogens (tertiary/aromatic N) is 2. The Balaban J connectivity index is 3.01. The number of aromatic nitrogens is 2. The molecule has 0 bridgehead atoms. The summed E-state index contributed by atoms with van der Waals surface area (Å²) in [5, 5.41) is 3.36. The van der Waals surface area contributed by atoms with Gasteiger partial charge in [0.2, 0.25) is 0 Å². The quantitative estimate of drug-likeness (QED) is 0.806.